The number of nitrogen functional groups attached to an aromatic ring is 1. The Morgan fingerprint density at radius 1 is 1.37 bits per heavy atom. The van der Waals surface area contributed by atoms with Crippen molar-refractivity contribution >= 4 is 11.6 Å². The topological polar surface area (TPSA) is 79.6 Å². The van der Waals surface area contributed by atoms with Crippen LogP contribution in [0.1, 0.15) is 10.4 Å². The first kappa shape index (κ1) is 15.4. The predicted octanol–water partition coefficient (Wildman–Crippen LogP) is 0.280. The van der Waals surface area contributed by atoms with Crippen molar-refractivity contribution in [3.05, 3.63) is 29.8 Å². The van der Waals surface area contributed by atoms with Crippen molar-refractivity contribution in [1.82, 2.24) is 10.2 Å². The molecule has 1 rings (SSSR count). The summed E-state index contributed by atoms with van der Waals surface area (Å²) in [5.74, 6) is 5.24. The number of ether oxygens (including phenoxy) is 1. The van der Waals surface area contributed by atoms with Gasteiger partial charge in [-0.15, -0.1) is 0 Å². The number of carbonyl (C=O) groups is 1. The number of carbonyl (C=O) groups excluding carboxylic acids is 1. The highest BCUT2D eigenvalue weighted by Gasteiger charge is 2.09. The molecule has 0 aliphatic rings. The van der Waals surface area contributed by atoms with Crippen molar-refractivity contribution < 1.29 is 9.53 Å². The highest BCUT2D eigenvalue weighted by Crippen LogP contribution is 2.12. The van der Waals surface area contributed by atoms with Gasteiger partial charge in [-0.25, -0.2) is 0 Å². The maximum atomic E-state index is 12.0. The largest absolute Gasteiger partial charge is 0.383 e. The van der Waals surface area contributed by atoms with Gasteiger partial charge < -0.3 is 20.4 Å². The molecule has 0 heterocycles. The lowest BCUT2D eigenvalue weighted by molar-refractivity contribution is 0.0948. The summed E-state index contributed by atoms with van der Waals surface area (Å²) in [5, 5.41) is 2.86. The van der Waals surface area contributed by atoms with Crippen LogP contribution in [0.15, 0.2) is 24.3 Å². The summed E-state index contributed by atoms with van der Waals surface area (Å²) in [6, 6.07) is 7.13. The number of hydrogen-bond acceptors (Lipinski definition) is 5. The summed E-state index contributed by atoms with van der Waals surface area (Å²) >= 11 is 0. The van der Waals surface area contributed by atoms with Gasteiger partial charge in [0.25, 0.3) is 5.91 Å². The maximum Gasteiger partial charge on any atom is 0.253 e. The lowest BCUT2D eigenvalue weighted by atomic mass is 10.1. The molecule has 1 amide bonds. The SMILES string of the molecule is COCCN(C)CCNC(=O)c1ccccc1NN. The number of nitrogens with one attached hydrogen (secondary N) is 2. The quantitative estimate of drug-likeness (QED) is 0.465. The van der Waals surface area contributed by atoms with Crippen molar-refractivity contribution in [2.45, 2.75) is 0 Å². The predicted molar refractivity (Wildman–Crippen MR) is 76.0 cm³/mol. The molecule has 0 aromatic heterocycles. The molecule has 1 aromatic rings. The fourth-order valence-electron chi connectivity index (χ4n) is 1.62. The van der Waals surface area contributed by atoms with E-state index in [2.05, 4.69) is 15.6 Å². The summed E-state index contributed by atoms with van der Waals surface area (Å²) in [7, 11) is 3.66. The molecule has 0 spiro atoms. The number of hydrazine groups is 1. The Morgan fingerprint density at radius 2 is 2.11 bits per heavy atom. The summed E-state index contributed by atoms with van der Waals surface area (Å²) in [4.78, 5) is 14.1. The number of benzene rings is 1. The summed E-state index contributed by atoms with van der Waals surface area (Å²) in [6.07, 6.45) is 0. The summed E-state index contributed by atoms with van der Waals surface area (Å²) in [6.45, 7) is 2.88. The molecule has 106 valence electrons. The number of hydrogen-bond donors (Lipinski definition) is 3. The van der Waals surface area contributed by atoms with E-state index in [0.717, 1.165) is 13.1 Å². The highest BCUT2D eigenvalue weighted by molar-refractivity contribution is 5.99. The summed E-state index contributed by atoms with van der Waals surface area (Å²) < 4.78 is 4.99. The van der Waals surface area contributed by atoms with Crippen LogP contribution in [-0.2, 0) is 4.74 Å². The second-order valence-corrected chi connectivity index (χ2v) is 4.24. The van der Waals surface area contributed by atoms with Gasteiger partial charge in [0.2, 0.25) is 0 Å². The fourth-order valence-corrected chi connectivity index (χ4v) is 1.62. The number of nitrogens with zero attached hydrogens (tertiary/aromatic N) is 1. The van der Waals surface area contributed by atoms with E-state index in [1.807, 2.05) is 13.1 Å². The van der Waals surface area contributed by atoms with E-state index < -0.39 is 0 Å². The van der Waals surface area contributed by atoms with E-state index in [4.69, 9.17) is 10.6 Å². The first-order valence-corrected chi connectivity index (χ1v) is 6.20. The Labute approximate surface area is 113 Å². The molecule has 0 aliphatic carbocycles. The van der Waals surface area contributed by atoms with Crippen LogP contribution < -0.4 is 16.6 Å². The number of anilines is 1. The molecular weight excluding hydrogens is 244 g/mol. The maximum absolute atomic E-state index is 12.0. The smallest absolute Gasteiger partial charge is 0.253 e. The number of amides is 1. The Morgan fingerprint density at radius 3 is 2.79 bits per heavy atom. The molecular formula is C13H22N4O2. The van der Waals surface area contributed by atoms with Crippen LogP contribution in [0.4, 0.5) is 5.69 Å². The number of para-hydroxylation sites is 1. The average Bonchev–Trinajstić information content (AvgIpc) is 2.44. The molecule has 0 fully saturated rings. The first-order valence-electron chi connectivity index (χ1n) is 6.20. The third kappa shape index (κ3) is 5.25. The van der Waals surface area contributed by atoms with Gasteiger partial charge in [-0.1, -0.05) is 12.1 Å². The Kier molecular flexibility index (Phi) is 6.88. The molecule has 1 aromatic carbocycles. The van der Waals surface area contributed by atoms with E-state index >= 15 is 0 Å². The number of nitrogens with two attached hydrogens (primary N) is 1. The number of methoxy groups -OCH3 is 1. The van der Waals surface area contributed by atoms with E-state index in [1.54, 1.807) is 25.3 Å². The van der Waals surface area contributed by atoms with Crippen LogP contribution in [0.25, 0.3) is 0 Å². The minimum atomic E-state index is -0.131. The third-order valence-electron chi connectivity index (χ3n) is 2.78. The lowest BCUT2D eigenvalue weighted by Crippen LogP contribution is -2.34. The molecule has 0 radical (unpaired) electrons. The normalized spacial score (nSPS) is 10.5. The molecule has 19 heavy (non-hydrogen) atoms. The average molecular weight is 266 g/mol. The molecule has 0 bridgehead atoms. The molecule has 0 aliphatic heterocycles. The monoisotopic (exact) mass is 266 g/mol. The minimum Gasteiger partial charge on any atom is -0.383 e. The Balaban J connectivity index is 2.39. The molecule has 0 saturated heterocycles. The fraction of sp³-hybridized carbons (Fsp3) is 0.462. The van der Waals surface area contributed by atoms with Crippen molar-refractivity contribution in [3.8, 4) is 0 Å². The van der Waals surface area contributed by atoms with Crippen LogP contribution in [0.5, 0.6) is 0 Å². The van der Waals surface area contributed by atoms with Crippen LogP contribution in [-0.4, -0.2) is 51.2 Å². The van der Waals surface area contributed by atoms with Gasteiger partial charge in [0, 0.05) is 26.7 Å². The highest BCUT2D eigenvalue weighted by atomic mass is 16.5. The Bertz CT molecular complexity index is 398. The zero-order chi connectivity index (χ0) is 14.1. The van der Waals surface area contributed by atoms with Gasteiger partial charge in [-0.3, -0.25) is 10.6 Å². The zero-order valence-electron chi connectivity index (χ0n) is 11.5. The second kappa shape index (κ2) is 8.47. The molecule has 4 N–H and O–H groups in total. The van der Waals surface area contributed by atoms with Gasteiger partial charge in [0.15, 0.2) is 0 Å². The molecule has 0 atom stereocenters. The van der Waals surface area contributed by atoms with E-state index in [1.165, 1.54) is 0 Å². The standard InChI is InChI=1S/C13H22N4O2/c1-17(9-10-19-2)8-7-15-13(18)11-5-3-4-6-12(11)16-14/h3-6,16H,7-10,14H2,1-2H3,(H,15,18). The number of rotatable bonds is 8. The Hall–Kier alpha value is -1.63. The van der Waals surface area contributed by atoms with E-state index in [-0.39, 0.29) is 5.91 Å². The van der Waals surface area contributed by atoms with E-state index in [9.17, 15) is 4.79 Å². The second-order valence-electron chi connectivity index (χ2n) is 4.24. The molecule has 6 nitrogen and oxygen atoms in total. The van der Waals surface area contributed by atoms with Crippen molar-refractivity contribution in [2.24, 2.45) is 5.84 Å². The van der Waals surface area contributed by atoms with Gasteiger partial charge in [0.1, 0.15) is 0 Å². The first-order chi connectivity index (χ1) is 9.19. The lowest BCUT2D eigenvalue weighted by Gasteiger charge is -2.16. The zero-order valence-corrected chi connectivity index (χ0v) is 11.5. The third-order valence-corrected chi connectivity index (χ3v) is 2.78. The van der Waals surface area contributed by atoms with Crippen molar-refractivity contribution in [3.63, 3.8) is 0 Å². The van der Waals surface area contributed by atoms with Gasteiger partial charge in [-0.2, -0.15) is 0 Å². The number of likely N-dealkylation sites (N-methyl/N-ethyl adjacent to an activating group) is 1. The van der Waals surface area contributed by atoms with Crippen LogP contribution >= 0.6 is 0 Å². The molecule has 0 unspecified atom stereocenters. The molecule has 0 saturated carbocycles. The van der Waals surface area contributed by atoms with Crippen LogP contribution in [0.3, 0.4) is 0 Å². The van der Waals surface area contributed by atoms with E-state index in [0.29, 0.717) is 24.4 Å². The van der Waals surface area contributed by atoms with Gasteiger partial charge in [0.05, 0.1) is 17.9 Å². The van der Waals surface area contributed by atoms with Crippen LogP contribution in [0, 0.1) is 0 Å². The van der Waals surface area contributed by atoms with Crippen molar-refractivity contribution in [1.29, 1.82) is 0 Å². The summed E-state index contributed by atoms with van der Waals surface area (Å²) in [5.41, 5.74) is 3.68. The minimum absolute atomic E-state index is 0.131. The van der Waals surface area contributed by atoms with Gasteiger partial charge in [-0.05, 0) is 19.2 Å². The molecule has 6 heteroatoms. The van der Waals surface area contributed by atoms with Gasteiger partial charge >= 0.3 is 0 Å². The van der Waals surface area contributed by atoms with Crippen molar-refractivity contribution in [2.75, 3.05) is 45.8 Å². The van der Waals surface area contributed by atoms with Crippen LogP contribution in [0.2, 0.25) is 0 Å².